The van der Waals surface area contributed by atoms with Gasteiger partial charge in [-0.15, -0.1) is 0 Å². The van der Waals surface area contributed by atoms with Crippen LogP contribution < -0.4 is 5.62 Å². The smallest absolute Gasteiger partial charge is 0.397 e. The Labute approximate surface area is 123 Å². The fourth-order valence-corrected chi connectivity index (χ4v) is 2.34. The summed E-state index contributed by atoms with van der Waals surface area (Å²) in [5.74, 6) is -0.994. The quantitative estimate of drug-likeness (QED) is 0.450. The molecule has 3 aromatic rings. The van der Waals surface area contributed by atoms with Crippen LogP contribution in [0.1, 0.15) is 10.6 Å². The van der Waals surface area contributed by atoms with Crippen molar-refractivity contribution in [3.63, 3.8) is 0 Å². The minimum Gasteiger partial charge on any atom is -0.397 e. The molecule has 0 unspecified atom stereocenters. The first-order valence-corrected chi connectivity index (χ1v) is 6.45. The molecular weight excluding hydrogens is 288 g/mol. The highest BCUT2D eigenvalue weighted by atomic mass is 16.6. The van der Waals surface area contributed by atoms with E-state index in [-0.39, 0.29) is 17.9 Å². The standard InChI is InChI=1S/C14H12N4O4/c1-16-9-4-2-3-5-10(9)17(14(16)15)8-11(19)12-6-7-13(22-12)18(20)21/h2-7,15H,8H2,1H3. The average molecular weight is 300 g/mol. The number of benzene rings is 1. The Kier molecular flexibility index (Phi) is 3.13. The Morgan fingerprint density at radius 2 is 1.95 bits per heavy atom. The fraction of sp³-hybridized carbons (Fsp3) is 0.143. The van der Waals surface area contributed by atoms with Gasteiger partial charge < -0.3 is 13.6 Å². The number of aryl methyl sites for hydroxylation is 1. The van der Waals surface area contributed by atoms with Gasteiger partial charge in [0, 0.05) is 7.05 Å². The Bertz CT molecular complexity index is 947. The van der Waals surface area contributed by atoms with Crippen LogP contribution in [0.3, 0.4) is 0 Å². The van der Waals surface area contributed by atoms with Gasteiger partial charge in [-0.05, 0) is 18.2 Å². The van der Waals surface area contributed by atoms with Gasteiger partial charge in [-0.25, -0.2) is 0 Å². The summed E-state index contributed by atoms with van der Waals surface area (Å²) >= 11 is 0. The molecule has 0 bridgehead atoms. The second-order valence-electron chi connectivity index (χ2n) is 4.78. The van der Waals surface area contributed by atoms with Crippen molar-refractivity contribution in [1.82, 2.24) is 9.13 Å². The summed E-state index contributed by atoms with van der Waals surface area (Å²) in [4.78, 5) is 22.1. The van der Waals surface area contributed by atoms with Crippen molar-refractivity contribution >= 4 is 22.7 Å². The van der Waals surface area contributed by atoms with Crippen LogP contribution in [-0.2, 0) is 13.6 Å². The minimum absolute atomic E-state index is 0.0912. The van der Waals surface area contributed by atoms with E-state index in [9.17, 15) is 14.9 Å². The predicted molar refractivity (Wildman–Crippen MR) is 76.5 cm³/mol. The van der Waals surface area contributed by atoms with E-state index in [1.54, 1.807) is 11.6 Å². The maximum absolute atomic E-state index is 12.2. The van der Waals surface area contributed by atoms with E-state index in [0.29, 0.717) is 0 Å². The summed E-state index contributed by atoms with van der Waals surface area (Å²) in [5, 5.41) is 18.7. The van der Waals surface area contributed by atoms with Crippen molar-refractivity contribution in [2.45, 2.75) is 6.54 Å². The number of imidazole rings is 1. The molecule has 1 N–H and O–H groups in total. The molecule has 2 aromatic heterocycles. The van der Waals surface area contributed by atoms with E-state index in [4.69, 9.17) is 9.83 Å². The molecule has 8 nitrogen and oxygen atoms in total. The zero-order valence-electron chi connectivity index (χ0n) is 11.6. The van der Waals surface area contributed by atoms with Crippen LogP contribution in [0.4, 0.5) is 5.88 Å². The molecule has 22 heavy (non-hydrogen) atoms. The van der Waals surface area contributed by atoms with E-state index < -0.39 is 16.6 Å². The van der Waals surface area contributed by atoms with Gasteiger partial charge in [0.15, 0.2) is 5.76 Å². The van der Waals surface area contributed by atoms with Gasteiger partial charge in [-0.2, -0.15) is 0 Å². The van der Waals surface area contributed by atoms with Gasteiger partial charge in [0.25, 0.3) is 0 Å². The third-order valence-electron chi connectivity index (χ3n) is 3.46. The number of carbonyl (C=O) groups excluding carboxylic acids is 1. The molecule has 0 saturated carbocycles. The predicted octanol–water partition coefficient (Wildman–Crippen LogP) is 1.84. The SMILES string of the molecule is Cn1c(=N)n(CC(=O)c2ccc([N+](=O)[O-])o2)c2ccccc21. The van der Waals surface area contributed by atoms with Crippen molar-refractivity contribution in [3.8, 4) is 0 Å². The minimum atomic E-state index is -0.697. The number of para-hydroxylation sites is 2. The van der Waals surface area contributed by atoms with Gasteiger partial charge in [0.2, 0.25) is 11.4 Å². The van der Waals surface area contributed by atoms with Crippen LogP contribution in [0.5, 0.6) is 0 Å². The number of rotatable bonds is 4. The molecule has 112 valence electrons. The van der Waals surface area contributed by atoms with Gasteiger partial charge in [0.05, 0.1) is 23.6 Å². The monoisotopic (exact) mass is 300 g/mol. The Morgan fingerprint density at radius 3 is 2.59 bits per heavy atom. The number of aromatic nitrogens is 2. The normalized spacial score (nSPS) is 11.0. The molecule has 0 atom stereocenters. The molecule has 0 radical (unpaired) electrons. The van der Waals surface area contributed by atoms with Gasteiger partial charge in [-0.1, -0.05) is 12.1 Å². The van der Waals surface area contributed by atoms with Crippen LogP contribution in [0, 0.1) is 15.5 Å². The molecule has 0 aliphatic rings. The number of nitrogens with one attached hydrogen (secondary N) is 1. The summed E-state index contributed by atoms with van der Waals surface area (Å²) in [6.07, 6.45) is 0. The van der Waals surface area contributed by atoms with Crippen molar-refractivity contribution in [1.29, 1.82) is 5.41 Å². The Morgan fingerprint density at radius 1 is 1.27 bits per heavy atom. The van der Waals surface area contributed by atoms with E-state index in [1.165, 1.54) is 10.6 Å². The molecule has 0 aliphatic carbocycles. The molecular formula is C14H12N4O4. The number of carbonyl (C=O) groups is 1. The number of hydrogen-bond donors (Lipinski definition) is 1. The van der Waals surface area contributed by atoms with E-state index in [1.807, 2.05) is 24.3 Å². The first-order chi connectivity index (χ1) is 10.5. The first-order valence-electron chi connectivity index (χ1n) is 6.45. The maximum atomic E-state index is 12.2. The largest absolute Gasteiger partial charge is 0.433 e. The molecule has 8 heteroatoms. The lowest BCUT2D eigenvalue weighted by Crippen LogP contribution is -2.25. The number of Topliss-reactive ketones (excluding diaryl/α,β-unsaturated/α-hetero) is 1. The van der Waals surface area contributed by atoms with E-state index >= 15 is 0 Å². The topological polar surface area (TPSA) is 107 Å². The lowest BCUT2D eigenvalue weighted by Gasteiger charge is -2.01. The lowest BCUT2D eigenvalue weighted by molar-refractivity contribution is -0.402. The number of nitro groups is 1. The molecule has 0 fully saturated rings. The lowest BCUT2D eigenvalue weighted by atomic mass is 10.3. The summed E-state index contributed by atoms with van der Waals surface area (Å²) in [6, 6.07) is 9.75. The van der Waals surface area contributed by atoms with Crippen LogP contribution >= 0.6 is 0 Å². The molecule has 0 aliphatic heterocycles. The van der Waals surface area contributed by atoms with Crippen LogP contribution in [0.15, 0.2) is 40.8 Å². The van der Waals surface area contributed by atoms with E-state index in [2.05, 4.69) is 0 Å². The number of furan rings is 1. The van der Waals surface area contributed by atoms with Crippen LogP contribution in [0.2, 0.25) is 0 Å². The van der Waals surface area contributed by atoms with E-state index in [0.717, 1.165) is 17.1 Å². The molecule has 2 heterocycles. The third-order valence-corrected chi connectivity index (χ3v) is 3.46. The molecule has 1 aromatic carbocycles. The molecule has 0 amide bonds. The number of fused-ring (bicyclic) bond motifs is 1. The summed E-state index contributed by atoms with van der Waals surface area (Å²) in [7, 11) is 1.74. The third kappa shape index (κ3) is 2.10. The number of ketones is 1. The summed E-state index contributed by atoms with van der Waals surface area (Å²) in [5.41, 5.74) is 1.73. The van der Waals surface area contributed by atoms with Gasteiger partial charge in [-0.3, -0.25) is 20.3 Å². The van der Waals surface area contributed by atoms with Crippen molar-refractivity contribution < 1.29 is 14.1 Å². The zero-order chi connectivity index (χ0) is 15.9. The molecule has 0 spiro atoms. The fourth-order valence-electron chi connectivity index (χ4n) is 2.34. The highest BCUT2D eigenvalue weighted by molar-refractivity contribution is 5.94. The van der Waals surface area contributed by atoms with Crippen molar-refractivity contribution in [2.24, 2.45) is 7.05 Å². The highest BCUT2D eigenvalue weighted by Crippen LogP contribution is 2.17. The van der Waals surface area contributed by atoms with Crippen LogP contribution in [-0.4, -0.2) is 19.8 Å². The Hall–Kier alpha value is -3.16. The molecule has 0 saturated heterocycles. The van der Waals surface area contributed by atoms with Crippen molar-refractivity contribution in [3.05, 3.63) is 57.9 Å². The number of hydrogen-bond acceptors (Lipinski definition) is 5. The van der Waals surface area contributed by atoms with Crippen LogP contribution in [0.25, 0.3) is 11.0 Å². The average Bonchev–Trinajstić information content (AvgIpc) is 3.08. The van der Waals surface area contributed by atoms with Crippen molar-refractivity contribution in [2.75, 3.05) is 0 Å². The maximum Gasteiger partial charge on any atom is 0.433 e. The number of nitrogens with zero attached hydrogens (tertiary/aromatic N) is 3. The zero-order valence-corrected chi connectivity index (χ0v) is 11.6. The Balaban J connectivity index is 1.99. The van der Waals surface area contributed by atoms with Gasteiger partial charge in [0.1, 0.15) is 4.92 Å². The first kappa shape index (κ1) is 13.8. The highest BCUT2D eigenvalue weighted by Gasteiger charge is 2.19. The van der Waals surface area contributed by atoms with Gasteiger partial charge >= 0.3 is 5.88 Å². The molecule has 3 rings (SSSR count). The summed E-state index contributed by atoms with van der Waals surface area (Å²) in [6.45, 7) is -0.120. The second kappa shape index (κ2) is 4.99. The second-order valence-corrected chi connectivity index (χ2v) is 4.78. The summed E-state index contributed by atoms with van der Waals surface area (Å²) < 4.78 is 8.10.